The standard InChI is InChI=1S/C7H3BrFN3O2/c8-4-2-5-3(7(9)11-10-5)1-6(4)12(13)14/h1-2H,(H,10,11). The topological polar surface area (TPSA) is 71.8 Å². The first kappa shape index (κ1) is 9.07. The number of fused-ring (bicyclic) bond motifs is 1. The van der Waals surface area contributed by atoms with Gasteiger partial charge in [0.1, 0.15) is 0 Å². The van der Waals surface area contributed by atoms with Crippen molar-refractivity contribution in [1.82, 2.24) is 10.2 Å². The summed E-state index contributed by atoms with van der Waals surface area (Å²) in [5.41, 5.74) is 0.165. The summed E-state index contributed by atoms with van der Waals surface area (Å²) in [6, 6.07) is 2.53. The number of benzene rings is 1. The molecule has 0 amide bonds. The van der Waals surface area contributed by atoms with Crippen molar-refractivity contribution in [1.29, 1.82) is 0 Å². The number of nitrogens with zero attached hydrogens (tertiary/aromatic N) is 2. The van der Waals surface area contributed by atoms with Crippen LogP contribution in [0.25, 0.3) is 10.9 Å². The number of nitro benzene ring substituents is 1. The molecule has 1 aromatic carbocycles. The summed E-state index contributed by atoms with van der Waals surface area (Å²) in [5.74, 6) is -0.671. The average Bonchev–Trinajstić information content (AvgIpc) is 2.46. The van der Waals surface area contributed by atoms with Crippen LogP contribution in [0.15, 0.2) is 16.6 Å². The first-order chi connectivity index (χ1) is 6.59. The van der Waals surface area contributed by atoms with Crippen LogP contribution in [0.5, 0.6) is 0 Å². The number of hydrogen-bond donors (Lipinski definition) is 1. The third-order valence-corrected chi connectivity index (χ3v) is 2.41. The highest BCUT2D eigenvalue weighted by atomic mass is 79.9. The number of nitrogens with one attached hydrogen (secondary N) is 1. The molecule has 1 aromatic heterocycles. The molecule has 0 saturated carbocycles. The lowest BCUT2D eigenvalue weighted by Crippen LogP contribution is -1.89. The Bertz CT molecular complexity index is 525. The number of rotatable bonds is 1. The van der Waals surface area contributed by atoms with Gasteiger partial charge in [0, 0.05) is 6.07 Å². The van der Waals surface area contributed by atoms with Crippen LogP contribution < -0.4 is 0 Å². The molecule has 5 nitrogen and oxygen atoms in total. The van der Waals surface area contributed by atoms with Crippen LogP contribution in [0.4, 0.5) is 10.1 Å². The smallest absolute Gasteiger partial charge is 0.258 e. The van der Waals surface area contributed by atoms with Crippen molar-refractivity contribution in [3.8, 4) is 0 Å². The van der Waals surface area contributed by atoms with Crippen molar-refractivity contribution in [2.24, 2.45) is 0 Å². The second-order valence-corrected chi connectivity index (χ2v) is 3.47. The molecule has 0 saturated heterocycles. The molecule has 0 aliphatic carbocycles. The van der Waals surface area contributed by atoms with E-state index in [-0.39, 0.29) is 15.5 Å². The van der Waals surface area contributed by atoms with Crippen molar-refractivity contribution in [2.45, 2.75) is 0 Å². The largest absolute Gasteiger partial charge is 0.284 e. The van der Waals surface area contributed by atoms with Gasteiger partial charge in [-0.3, -0.25) is 15.2 Å². The molecular formula is C7H3BrFN3O2. The SMILES string of the molecule is O=[N+]([O-])c1cc2c(F)[nH]nc2cc1Br. The van der Waals surface area contributed by atoms with Gasteiger partial charge < -0.3 is 0 Å². The van der Waals surface area contributed by atoms with Crippen molar-refractivity contribution in [2.75, 3.05) is 0 Å². The first-order valence-electron chi connectivity index (χ1n) is 3.57. The van der Waals surface area contributed by atoms with Crippen LogP contribution >= 0.6 is 15.9 Å². The van der Waals surface area contributed by atoms with E-state index < -0.39 is 10.9 Å². The predicted molar refractivity (Wildman–Crippen MR) is 50.4 cm³/mol. The number of hydrogen-bond acceptors (Lipinski definition) is 3. The van der Waals surface area contributed by atoms with E-state index in [4.69, 9.17) is 0 Å². The van der Waals surface area contributed by atoms with Crippen LogP contribution in [0.3, 0.4) is 0 Å². The summed E-state index contributed by atoms with van der Waals surface area (Å²) < 4.78 is 13.2. The summed E-state index contributed by atoms with van der Waals surface area (Å²) >= 11 is 3.01. The summed E-state index contributed by atoms with van der Waals surface area (Å²) in [6.07, 6.45) is 0. The van der Waals surface area contributed by atoms with Gasteiger partial charge in [0.25, 0.3) is 5.69 Å². The molecular weight excluding hydrogens is 257 g/mol. The monoisotopic (exact) mass is 259 g/mol. The summed E-state index contributed by atoms with van der Waals surface area (Å²) in [6.45, 7) is 0. The third-order valence-electron chi connectivity index (χ3n) is 1.77. The highest BCUT2D eigenvalue weighted by molar-refractivity contribution is 9.10. The fourth-order valence-electron chi connectivity index (χ4n) is 1.13. The van der Waals surface area contributed by atoms with Gasteiger partial charge in [0.2, 0.25) is 5.95 Å². The molecule has 0 aliphatic heterocycles. The van der Waals surface area contributed by atoms with E-state index in [2.05, 4.69) is 26.1 Å². The van der Waals surface area contributed by atoms with Crippen LogP contribution in [0.2, 0.25) is 0 Å². The van der Waals surface area contributed by atoms with Crippen molar-refractivity contribution in [3.05, 3.63) is 32.7 Å². The Morgan fingerprint density at radius 2 is 2.29 bits per heavy atom. The lowest BCUT2D eigenvalue weighted by Gasteiger charge is -1.94. The number of aromatic nitrogens is 2. The lowest BCUT2D eigenvalue weighted by atomic mass is 10.2. The van der Waals surface area contributed by atoms with Crippen LogP contribution in [-0.4, -0.2) is 15.1 Å². The molecule has 1 N–H and O–H groups in total. The van der Waals surface area contributed by atoms with Gasteiger partial charge in [-0.05, 0) is 22.0 Å². The molecule has 7 heteroatoms. The molecule has 2 rings (SSSR count). The van der Waals surface area contributed by atoms with Gasteiger partial charge in [0.05, 0.1) is 20.3 Å². The summed E-state index contributed by atoms with van der Waals surface area (Å²) in [7, 11) is 0. The molecule has 0 spiro atoms. The van der Waals surface area contributed by atoms with Crippen LogP contribution in [0.1, 0.15) is 0 Å². The molecule has 0 bridgehead atoms. The van der Waals surface area contributed by atoms with Gasteiger partial charge in [-0.25, -0.2) is 0 Å². The zero-order valence-electron chi connectivity index (χ0n) is 6.62. The van der Waals surface area contributed by atoms with Crippen molar-refractivity contribution in [3.63, 3.8) is 0 Å². The summed E-state index contributed by atoms with van der Waals surface area (Å²) in [4.78, 5) is 9.93. The number of aromatic amines is 1. The zero-order chi connectivity index (χ0) is 10.3. The van der Waals surface area contributed by atoms with Gasteiger partial charge in [-0.1, -0.05) is 0 Å². The Hall–Kier alpha value is -1.50. The van der Waals surface area contributed by atoms with Crippen molar-refractivity contribution < 1.29 is 9.31 Å². The zero-order valence-corrected chi connectivity index (χ0v) is 8.21. The van der Waals surface area contributed by atoms with Crippen LogP contribution in [-0.2, 0) is 0 Å². The van der Waals surface area contributed by atoms with Crippen molar-refractivity contribution >= 4 is 32.5 Å². The van der Waals surface area contributed by atoms with Gasteiger partial charge in [-0.2, -0.15) is 9.49 Å². The molecule has 1 heterocycles. The first-order valence-corrected chi connectivity index (χ1v) is 4.36. The second-order valence-electron chi connectivity index (χ2n) is 2.62. The Kier molecular flexibility index (Phi) is 1.95. The van der Waals surface area contributed by atoms with E-state index in [9.17, 15) is 14.5 Å². The fourth-order valence-corrected chi connectivity index (χ4v) is 1.61. The molecule has 0 unspecified atom stereocenters. The Balaban J connectivity index is 2.80. The second kappa shape index (κ2) is 3.02. The van der Waals surface area contributed by atoms with Gasteiger partial charge in [0.15, 0.2) is 0 Å². The van der Waals surface area contributed by atoms with E-state index in [0.717, 1.165) is 6.07 Å². The molecule has 2 aromatic rings. The Morgan fingerprint density at radius 3 is 2.93 bits per heavy atom. The highest BCUT2D eigenvalue weighted by Crippen LogP contribution is 2.29. The predicted octanol–water partition coefficient (Wildman–Crippen LogP) is 2.37. The molecule has 0 radical (unpaired) electrons. The average molecular weight is 260 g/mol. The number of halogens is 2. The molecule has 0 fully saturated rings. The minimum atomic E-state index is -0.671. The van der Waals surface area contributed by atoms with E-state index >= 15 is 0 Å². The normalized spacial score (nSPS) is 10.7. The fraction of sp³-hybridized carbons (Fsp3) is 0. The lowest BCUT2D eigenvalue weighted by molar-refractivity contribution is -0.385. The number of H-pyrrole nitrogens is 1. The van der Waals surface area contributed by atoms with E-state index in [1.807, 2.05) is 0 Å². The Morgan fingerprint density at radius 1 is 1.57 bits per heavy atom. The maximum absolute atomic E-state index is 13.0. The molecule has 14 heavy (non-hydrogen) atoms. The third kappa shape index (κ3) is 1.25. The Labute approximate surface area is 85.2 Å². The van der Waals surface area contributed by atoms with Gasteiger partial charge in [-0.15, -0.1) is 0 Å². The van der Waals surface area contributed by atoms with Crippen LogP contribution in [0, 0.1) is 16.1 Å². The van der Waals surface area contributed by atoms with E-state index in [1.54, 1.807) is 0 Å². The maximum Gasteiger partial charge on any atom is 0.284 e. The highest BCUT2D eigenvalue weighted by Gasteiger charge is 2.16. The molecule has 0 atom stereocenters. The quantitative estimate of drug-likeness (QED) is 0.631. The number of nitro groups is 1. The molecule has 0 aliphatic rings. The minimum Gasteiger partial charge on any atom is -0.258 e. The minimum absolute atomic E-state index is 0.111. The molecule has 72 valence electrons. The summed E-state index contributed by atoms with van der Waals surface area (Å²) in [5, 5.41) is 16.4. The van der Waals surface area contributed by atoms with E-state index in [0.29, 0.717) is 5.52 Å². The maximum atomic E-state index is 13.0. The van der Waals surface area contributed by atoms with Gasteiger partial charge >= 0.3 is 0 Å². The van der Waals surface area contributed by atoms with E-state index in [1.165, 1.54) is 6.07 Å².